The minimum Gasteiger partial charge on any atom is -0.350 e. The molecule has 164 valence electrons. The molecule has 0 spiro atoms. The van der Waals surface area contributed by atoms with Gasteiger partial charge in [-0.3, -0.25) is 4.79 Å². The maximum Gasteiger partial charge on any atom is 0.254 e. The van der Waals surface area contributed by atoms with Crippen molar-refractivity contribution in [1.82, 2.24) is 9.88 Å². The van der Waals surface area contributed by atoms with Crippen LogP contribution in [0.4, 0.5) is 0 Å². The lowest BCUT2D eigenvalue weighted by Gasteiger charge is -2.34. The molecule has 1 aliphatic carbocycles. The summed E-state index contributed by atoms with van der Waals surface area (Å²) in [6, 6.07) is 12.3. The average molecular weight is 447 g/mol. The predicted octanol–water partition coefficient (Wildman–Crippen LogP) is 5.01. The number of nitrogens with zero attached hydrogens (tertiary/aromatic N) is 2. The molecule has 0 atom stereocenters. The molecule has 2 aromatic heterocycles. The van der Waals surface area contributed by atoms with Crippen LogP contribution in [-0.2, 0) is 15.9 Å². The lowest BCUT2D eigenvalue weighted by atomic mass is 9.94. The van der Waals surface area contributed by atoms with Gasteiger partial charge in [-0.1, -0.05) is 24.3 Å². The molecule has 0 N–H and O–H groups in total. The van der Waals surface area contributed by atoms with E-state index >= 15 is 0 Å². The van der Waals surface area contributed by atoms with Gasteiger partial charge in [0, 0.05) is 29.3 Å². The third-order valence-electron chi connectivity index (χ3n) is 6.87. The van der Waals surface area contributed by atoms with Crippen molar-refractivity contribution in [3.8, 4) is 0 Å². The fourth-order valence-corrected chi connectivity index (χ4v) is 5.93. The molecule has 1 aromatic carbocycles. The molecule has 5 nitrogen and oxygen atoms in total. The Morgan fingerprint density at radius 1 is 1.06 bits per heavy atom. The normalized spacial score (nSPS) is 21.0. The molecule has 3 aliphatic rings. The van der Waals surface area contributed by atoms with E-state index in [2.05, 4.69) is 23.6 Å². The number of amides is 1. The Hall–Kier alpha value is -2.54. The smallest absolute Gasteiger partial charge is 0.254 e. The molecule has 3 aromatic rings. The van der Waals surface area contributed by atoms with Crippen LogP contribution in [0.3, 0.4) is 0 Å². The topological polar surface area (TPSA) is 51.7 Å². The summed E-state index contributed by atoms with van der Waals surface area (Å²) in [5.74, 6) is 0.519. The first kappa shape index (κ1) is 20.1. The Balaban J connectivity index is 1.34. The Labute approximate surface area is 191 Å². The zero-order valence-corrected chi connectivity index (χ0v) is 18.8. The molecule has 0 saturated carbocycles. The van der Waals surface area contributed by atoms with Crippen LogP contribution < -0.4 is 0 Å². The van der Waals surface area contributed by atoms with Crippen molar-refractivity contribution in [1.29, 1.82) is 0 Å². The molecule has 1 amide bonds. The second-order valence-electron chi connectivity index (χ2n) is 8.76. The number of benzene rings is 1. The first-order chi connectivity index (χ1) is 15.8. The predicted molar refractivity (Wildman–Crippen MR) is 127 cm³/mol. The van der Waals surface area contributed by atoms with E-state index in [1.807, 2.05) is 29.2 Å². The number of allylic oxidation sites excluding steroid dienone is 1. The molecule has 0 unspecified atom stereocenters. The van der Waals surface area contributed by atoms with Gasteiger partial charge in [0.25, 0.3) is 5.91 Å². The van der Waals surface area contributed by atoms with Crippen molar-refractivity contribution in [2.45, 2.75) is 32.0 Å². The molecule has 2 saturated heterocycles. The van der Waals surface area contributed by atoms with Crippen molar-refractivity contribution in [2.75, 3.05) is 26.3 Å². The van der Waals surface area contributed by atoms with Crippen LogP contribution in [0.15, 0.2) is 41.8 Å². The number of para-hydroxylation sites is 1. The van der Waals surface area contributed by atoms with E-state index in [1.165, 1.54) is 10.5 Å². The van der Waals surface area contributed by atoms with Gasteiger partial charge in [0.05, 0.1) is 30.0 Å². The number of carbonyl (C=O) groups excluding carboxylic acids is 1. The third kappa shape index (κ3) is 3.56. The van der Waals surface area contributed by atoms with E-state index in [0.717, 1.165) is 66.5 Å². The lowest BCUT2D eigenvalue weighted by molar-refractivity contribution is -0.0956. The number of hydrogen-bond donors (Lipinski definition) is 0. The second kappa shape index (κ2) is 8.43. The van der Waals surface area contributed by atoms with Gasteiger partial charge in [0.15, 0.2) is 6.29 Å². The molecule has 4 heterocycles. The summed E-state index contributed by atoms with van der Waals surface area (Å²) in [5, 5.41) is 3.06. The fraction of sp³-hybridized carbons (Fsp3) is 0.385. The van der Waals surface area contributed by atoms with Gasteiger partial charge in [0.1, 0.15) is 0 Å². The molecular formula is C26H26N2O3S. The van der Waals surface area contributed by atoms with Gasteiger partial charge in [-0.25, -0.2) is 4.98 Å². The number of piperidine rings is 1. The molecular weight excluding hydrogens is 420 g/mol. The summed E-state index contributed by atoms with van der Waals surface area (Å²) in [6.45, 7) is 2.85. The Morgan fingerprint density at radius 2 is 1.88 bits per heavy atom. The number of carbonyl (C=O) groups is 1. The highest BCUT2D eigenvalue weighted by atomic mass is 32.1. The number of thiophene rings is 1. The summed E-state index contributed by atoms with van der Waals surface area (Å²) < 4.78 is 11.4. The molecule has 6 rings (SSSR count). The monoisotopic (exact) mass is 446 g/mol. The quantitative estimate of drug-likeness (QED) is 0.568. The highest BCUT2D eigenvalue weighted by molar-refractivity contribution is 7.10. The summed E-state index contributed by atoms with van der Waals surface area (Å²) in [6.07, 6.45) is 5.78. The van der Waals surface area contributed by atoms with Gasteiger partial charge >= 0.3 is 0 Å². The third-order valence-corrected chi connectivity index (χ3v) is 7.69. The highest BCUT2D eigenvalue weighted by Gasteiger charge is 2.34. The largest absolute Gasteiger partial charge is 0.350 e. The van der Waals surface area contributed by atoms with E-state index in [4.69, 9.17) is 14.5 Å². The van der Waals surface area contributed by atoms with Gasteiger partial charge in [-0.15, -0.1) is 11.3 Å². The van der Waals surface area contributed by atoms with Crippen molar-refractivity contribution >= 4 is 39.8 Å². The summed E-state index contributed by atoms with van der Waals surface area (Å²) in [4.78, 5) is 22.1. The number of likely N-dealkylation sites (tertiary alicyclic amines) is 1. The van der Waals surface area contributed by atoms with Gasteiger partial charge < -0.3 is 14.4 Å². The van der Waals surface area contributed by atoms with Gasteiger partial charge in [-0.2, -0.15) is 0 Å². The minimum atomic E-state index is -0.0943. The average Bonchev–Trinajstić information content (AvgIpc) is 3.61. The van der Waals surface area contributed by atoms with Crippen LogP contribution in [-0.4, -0.2) is 48.4 Å². The SMILES string of the molecule is O=C(c1c2c(nc3ccccc13)/C(=C\c1cccs1)CC2)N1CCC(C2OCCO2)CC1. The standard InChI is InChI=1S/C26H26N2O3S/c29-25(28-11-9-17(10-12-28)26-30-13-14-31-26)23-20-5-1-2-6-22(20)27-24-18(7-8-21(23)24)16-19-4-3-15-32-19/h1-6,15-17,26H,7-14H2/b18-16-. The number of rotatable bonds is 3. The van der Waals surface area contributed by atoms with E-state index in [-0.39, 0.29) is 12.2 Å². The maximum atomic E-state index is 13.8. The van der Waals surface area contributed by atoms with E-state index < -0.39 is 0 Å². The number of hydrogen-bond acceptors (Lipinski definition) is 5. The maximum absolute atomic E-state index is 13.8. The van der Waals surface area contributed by atoms with Crippen LogP contribution in [0.2, 0.25) is 0 Å². The molecule has 0 bridgehead atoms. The zero-order chi connectivity index (χ0) is 21.5. The van der Waals surface area contributed by atoms with E-state index in [0.29, 0.717) is 19.1 Å². The number of pyridine rings is 1. The van der Waals surface area contributed by atoms with Crippen LogP contribution in [0.1, 0.15) is 45.8 Å². The molecule has 32 heavy (non-hydrogen) atoms. The second-order valence-corrected chi connectivity index (χ2v) is 9.73. The molecule has 0 radical (unpaired) electrons. The fourth-order valence-electron chi connectivity index (χ4n) is 5.25. The van der Waals surface area contributed by atoms with Crippen molar-refractivity contribution in [3.05, 3.63) is 63.5 Å². The van der Waals surface area contributed by atoms with E-state index in [1.54, 1.807) is 11.3 Å². The summed E-state index contributed by atoms with van der Waals surface area (Å²) >= 11 is 1.73. The first-order valence-corrected chi connectivity index (χ1v) is 12.3. The lowest BCUT2D eigenvalue weighted by Crippen LogP contribution is -2.41. The summed E-state index contributed by atoms with van der Waals surface area (Å²) in [7, 11) is 0. The number of aromatic nitrogens is 1. The van der Waals surface area contributed by atoms with Crippen LogP contribution in [0.5, 0.6) is 0 Å². The van der Waals surface area contributed by atoms with Crippen LogP contribution >= 0.6 is 11.3 Å². The summed E-state index contributed by atoms with van der Waals surface area (Å²) in [5.41, 5.74) is 5.10. The molecule has 2 aliphatic heterocycles. The first-order valence-electron chi connectivity index (χ1n) is 11.5. The zero-order valence-electron chi connectivity index (χ0n) is 18.0. The Kier molecular flexibility index (Phi) is 5.29. The molecule has 2 fully saturated rings. The van der Waals surface area contributed by atoms with Crippen LogP contribution in [0.25, 0.3) is 22.6 Å². The molecule has 6 heteroatoms. The van der Waals surface area contributed by atoms with Gasteiger partial charge in [-0.05, 0) is 60.4 Å². The van der Waals surface area contributed by atoms with Crippen molar-refractivity contribution < 1.29 is 14.3 Å². The van der Waals surface area contributed by atoms with Crippen LogP contribution in [0, 0.1) is 5.92 Å². The number of ether oxygens (including phenoxy) is 2. The Morgan fingerprint density at radius 3 is 2.66 bits per heavy atom. The van der Waals surface area contributed by atoms with E-state index in [9.17, 15) is 4.79 Å². The van der Waals surface area contributed by atoms with Crippen molar-refractivity contribution in [2.24, 2.45) is 5.92 Å². The minimum absolute atomic E-state index is 0.0943. The van der Waals surface area contributed by atoms with Crippen molar-refractivity contribution in [3.63, 3.8) is 0 Å². The highest BCUT2D eigenvalue weighted by Crippen LogP contribution is 2.39. The van der Waals surface area contributed by atoms with Gasteiger partial charge in [0.2, 0.25) is 0 Å². The number of fused-ring (bicyclic) bond motifs is 2. The Bertz CT molecular complexity index is 1170.